The molecule has 1 aromatic heterocycles. The Balaban J connectivity index is 1.71. The van der Waals surface area contributed by atoms with Crippen molar-refractivity contribution in [3.8, 4) is 22.4 Å². The molecule has 0 spiro atoms. The van der Waals surface area contributed by atoms with E-state index < -0.39 is 0 Å². The fourth-order valence-corrected chi connectivity index (χ4v) is 3.53. The number of aromatic amines is 1. The molecule has 0 aliphatic carbocycles. The maximum atomic E-state index is 14.4. The Morgan fingerprint density at radius 2 is 1.59 bits per heavy atom. The van der Waals surface area contributed by atoms with Gasteiger partial charge >= 0.3 is 0 Å². The summed E-state index contributed by atoms with van der Waals surface area (Å²) < 4.78 is 14.4. The molecule has 0 saturated carbocycles. The van der Waals surface area contributed by atoms with Crippen molar-refractivity contribution in [2.24, 2.45) is 5.73 Å². The minimum atomic E-state index is -0.282. The Morgan fingerprint density at radius 3 is 2.31 bits per heavy atom. The number of H-pyrrole nitrogens is 1. The zero-order chi connectivity index (χ0) is 20.1. The van der Waals surface area contributed by atoms with E-state index in [0.29, 0.717) is 24.3 Å². The molecule has 5 heteroatoms. The third kappa shape index (κ3) is 4.11. The van der Waals surface area contributed by atoms with E-state index in [0.717, 1.165) is 16.7 Å². The first kappa shape index (κ1) is 19.1. The van der Waals surface area contributed by atoms with Gasteiger partial charge in [-0.15, -0.1) is 0 Å². The Bertz CT molecular complexity index is 1060. The highest BCUT2D eigenvalue weighted by Gasteiger charge is 2.21. The van der Waals surface area contributed by atoms with Crippen LogP contribution in [-0.4, -0.2) is 23.3 Å². The molecule has 0 amide bonds. The van der Waals surface area contributed by atoms with E-state index in [2.05, 4.69) is 51.9 Å². The predicted octanol–water partition coefficient (Wildman–Crippen LogP) is 4.52. The lowest BCUT2D eigenvalue weighted by molar-refractivity contribution is 0.610. The van der Waals surface area contributed by atoms with Crippen molar-refractivity contribution < 1.29 is 4.39 Å². The number of benzene rings is 3. The van der Waals surface area contributed by atoms with Crippen molar-refractivity contribution in [2.75, 3.05) is 13.1 Å². The van der Waals surface area contributed by atoms with Crippen LogP contribution in [0.1, 0.15) is 17.2 Å². The van der Waals surface area contributed by atoms with E-state index in [1.165, 1.54) is 11.6 Å². The molecule has 0 aliphatic rings. The van der Waals surface area contributed by atoms with Crippen molar-refractivity contribution in [3.63, 3.8) is 0 Å². The van der Waals surface area contributed by atoms with E-state index in [4.69, 9.17) is 5.73 Å². The molecule has 3 aromatic carbocycles. The lowest BCUT2D eigenvalue weighted by Gasteiger charge is -2.20. The molecule has 0 saturated heterocycles. The first-order chi connectivity index (χ1) is 14.3. The summed E-state index contributed by atoms with van der Waals surface area (Å²) in [7, 11) is 0. The van der Waals surface area contributed by atoms with Crippen LogP contribution >= 0.6 is 0 Å². The standard InChI is InChI=1S/C24H23FN4/c25-22-9-5-4-8-20(22)24-21(16-28-29-24)23(27-15-14-26)19-12-10-18(11-13-19)17-6-2-1-3-7-17/h1-13,16,23,27H,14-15,26H2,(H,28,29). The molecule has 1 atom stereocenters. The number of rotatable bonds is 7. The summed E-state index contributed by atoms with van der Waals surface area (Å²) >= 11 is 0. The minimum Gasteiger partial charge on any atom is -0.329 e. The number of aromatic nitrogens is 2. The van der Waals surface area contributed by atoms with Crippen LogP contribution in [0.2, 0.25) is 0 Å². The number of hydrogen-bond acceptors (Lipinski definition) is 3. The number of nitrogens with two attached hydrogens (primary N) is 1. The van der Waals surface area contributed by atoms with Gasteiger partial charge in [0.2, 0.25) is 0 Å². The molecule has 4 nitrogen and oxygen atoms in total. The van der Waals surface area contributed by atoms with Gasteiger partial charge in [0.15, 0.2) is 0 Å². The number of nitrogens with zero attached hydrogens (tertiary/aromatic N) is 1. The van der Waals surface area contributed by atoms with E-state index >= 15 is 0 Å². The first-order valence-corrected chi connectivity index (χ1v) is 9.65. The van der Waals surface area contributed by atoms with Gasteiger partial charge in [-0.25, -0.2) is 4.39 Å². The molecule has 0 radical (unpaired) electrons. The topological polar surface area (TPSA) is 66.7 Å². The van der Waals surface area contributed by atoms with Crippen molar-refractivity contribution in [2.45, 2.75) is 6.04 Å². The largest absolute Gasteiger partial charge is 0.329 e. The quantitative estimate of drug-likeness (QED) is 0.437. The van der Waals surface area contributed by atoms with Crippen molar-refractivity contribution in [3.05, 3.63) is 102 Å². The van der Waals surface area contributed by atoms with Crippen LogP contribution in [0.25, 0.3) is 22.4 Å². The fraction of sp³-hybridized carbons (Fsp3) is 0.125. The minimum absolute atomic E-state index is 0.156. The molecular weight excluding hydrogens is 363 g/mol. The SMILES string of the molecule is NCCNC(c1ccc(-c2ccccc2)cc1)c1cn[nH]c1-c1ccccc1F. The second kappa shape index (κ2) is 8.82. The van der Waals surface area contributed by atoms with Gasteiger partial charge in [0.05, 0.1) is 17.9 Å². The van der Waals surface area contributed by atoms with Crippen molar-refractivity contribution >= 4 is 0 Å². The molecule has 4 aromatic rings. The molecule has 1 unspecified atom stereocenters. The van der Waals surface area contributed by atoms with Gasteiger partial charge in [-0.1, -0.05) is 66.7 Å². The van der Waals surface area contributed by atoms with Gasteiger partial charge in [-0.05, 0) is 28.8 Å². The predicted molar refractivity (Wildman–Crippen MR) is 115 cm³/mol. The second-order valence-corrected chi connectivity index (χ2v) is 6.84. The molecule has 4 N–H and O–H groups in total. The smallest absolute Gasteiger partial charge is 0.132 e. The first-order valence-electron chi connectivity index (χ1n) is 9.65. The zero-order valence-electron chi connectivity index (χ0n) is 16.0. The zero-order valence-corrected chi connectivity index (χ0v) is 16.0. The molecule has 4 rings (SSSR count). The van der Waals surface area contributed by atoms with E-state index in [1.54, 1.807) is 18.3 Å². The van der Waals surface area contributed by atoms with Gasteiger partial charge in [-0.2, -0.15) is 5.10 Å². The summed E-state index contributed by atoms with van der Waals surface area (Å²) in [6.45, 7) is 1.14. The second-order valence-electron chi connectivity index (χ2n) is 6.84. The van der Waals surface area contributed by atoms with Crippen LogP contribution in [0.4, 0.5) is 4.39 Å². The Kier molecular flexibility index (Phi) is 5.79. The van der Waals surface area contributed by atoms with Crippen LogP contribution < -0.4 is 11.1 Å². The number of hydrogen-bond donors (Lipinski definition) is 3. The van der Waals surface area contributed by atoms with Crippen LogP contribution in [0.5, 0.6) is 0 Å². The molecule has 29 heavy (non-hydrogen) atoms. The number of nitrogens with one attached hydrogen (secondary N) is 2. The molecule has 0 fully saturated rings. The average molecular weight is 386 g/mol. The lowest BCUT2D eigenvalue weighted by atomic mass is 9.94. The Hall–Kier alpha value is -3.28. The van der Waals surface area contributed by atoms with E-state index in [1.807, 2.05) is 24.3 Å². The highest BCUT2D eigenvalue weighted by molar-refractivity contribution is 5.66. The summed E-state index contributed by atoms with van der Waals surface area (Å²) in [5.41, 5.74) is 11.2. The summed E-state index contributed by atoms with van der Waals surface area (Å²) in [4.78, 5) is 0. The lowest BCUT2D eigenvalue weighted by Crippen LogP contribution is -2.28. The third-order valence-corrected chi connectivity index (χ3v) is 4.97. The molecule has 0 aliphatic heterocycles. The third-order valence-electron chi connectivity index (χ3n) is 4.97. The molecule has 1 heterocycles. The molecule has 146 valence electrons. The van der Waals surface area contributed by atoms with Gasteiger partial charge in [0.1, 0.15) is 5.82 Å². The molecule has 0 bridgehead atoms. The van der Waals surface area contributed by atoms with Gasteiger partial charge < -0.3 is 11.1 Å². The highest BCUT2D eigenvalue weighted by atomic mass is 19.1. The normalized spacial score (nSPS) is 12.1. The van der Waals surface area contributed by atoms with Gasteiger partial charge in [-0.3, -0.25) is 5.10 Å². The monoisotopic (exact) mass is 386 g/mol. The maximum Gasteiger partial charge on any atom is 0.132 e. The van der Waals surface area contributed by atoms with Gasteiger partial charge in [0.25, 0.3) is 0 Å². The van der Waals surface area contributed by atoms with Crippen molar-refractivity contribution in [1.82, 2.24) is 15.5 Å². The van der Waals surface area contributed by atoms with Crippen LogP contribution in [0.3, 0.4) is 0 Å². The Labute approximate surface area is 169 Å². The summed E-state index contributed by atoms with van der Waals surface area (Å²) in [6.07, 6.45) is 1.75. The van der Waals surface area contributed by atoms with Crippen LogP contribution in [-0.2, 0) is 0 Å². The maximum absolute atomic E-state index is 14.4. The average Bonchev–Trinajstić information content (AvgIpc) is 3.25. The summed E-state index contributed by atoms with van der Waals surface area (Å²) in [5.74, 6) is -0.282. The number of halogens is 1. The van der Waals surface area contributed by atoms with E-state index in [9.17, 15) is 4.39 Å². The van der Waals surface area contributed by atoms with Crippen molar-refractivity contribution in [1.29, 1.82) is 0 Å². The van der Waals surface area contributed by atoms with Gasteiger partial charge in [0, 0.05) is 24.2 Å². The van der Waals surface area contributed by atoms with E-state index in [-0.39, 0.29) is 11.9 Å². The molecular formula is C24H23FN4. The summed E-state index contributed by atoms with van der Waals surface area (Å²) in [5, 5.41) is 10.6. The van der Waals surface area contributed by atoms with Crippen LogP contribution in [0.15, 0.2) is 85.1 Å². The fourth-order valence-electron chi connectivity index (χ4n) is 3.53. The van der Waals surface area contributed by atoms with Crippen LogP contribution in [0, 0.1) is 5.82 Å². The highest BCUT2D eigenvalue weighted by Crippen LogP contribution is 2.32. The summed E-state index contributed by atoms with van der Waals surface area (Å²) in [6, 6.07) is 25.2. The Morgan fingerprint density at radius 1 is 0.897 bits per heavy atom.